The third-order valence-corrected chi connectivity index (χ3v) is 6.46. The second-order valence-corrected chi connectivity index (χ2v) is 8.47. The summed E-state index contributed by atoms with van der Waals surface area (Å²) in [5.74, 6) is 1.23. The van der Waals surface area contributed by atoms with Crippen LogP contribution in [0.4, 0.5) is 0 Å². The first kappa shape index (κ1) is 18.2. The van der Waals surface area contributed by atoms with Gasteiger partial charge in [0.15, 0.2) is 0 Å². The normalized spacial score (nSPS) is 23.3. The summed E-state index contributed by atoms with van der Waals surface area (Å²) in [6.07, 6.45) is 3.23. The molecule has 26 heavy (non-hydrogen) atoms. The molecule has 0 unspecified atom stereocenters. The highest BCUT2D eigenvalue weighted by atomic mass is 35.5. The lowest BCUT2D eigenvalue weighted by atomic mass is 9.83. The number of likely N-dealkylation sites (N-methyl/N-ethyl adjacent to an activating group) is 1. The molecular formula is C19H24Cl2N4O. The lowest BCUT2D eigenvalue weighted by Crippen LogP contribution is -2.51. The highest BCUT2D eigenvalue weighted by Crippen LogP contribution is 2.37. The number of likely N-dealkylation sites (tertiary alicyclic amines) is 1. The number of halogens is 2. The minimum absolute atomic E-state index is 0.00688. The molecule has 140 valence electrons. The van der Waals surface area contributed by atoms with Crippen LogP contribution in [0.25, 0.3) is 10.9 Å². The Hall–Kier alpha value is -1.14. The summed E-state index contributed by atoms with van der Waals surface area (Å²) in [6.45, 7) is 3.97. The maximum atomic E-state index is 13.0. The van der Waals surface area contributed by atoms with E-state index >= 15 is 0 Å². The van der Waals surface area contributed by atoms with Crippen LogP contribution in [0, 0.1) is 0 Å². The molecule has 5 nitrogen and oxygen atoms in total. The molecule has 1 aromatic carbocycles. The van der Waals surface area contributed by atoms with Crippen LogP contribution in [-0.4, -0.2) is 59.1 Å². The van der Waals surface area contributed by atoms with Crippen molar-refractivity contribution >= 4 is 34.1 Å². The number of nitrogens with zero attached hydrogens (tertiary/aromatic N) is 4. The van der Waals surface area contributed by atoms with E-state index in [-0.39, 0.29) is 5.56 Å². The summed E-state index contributed by atoms with van der Waals surface area (Å²) >= 11 is 12.3. The lowest BCUT2D eigenvalue weighted by molar-refractivity contribution is 0.0889. The zero-order valence-corrected chi connectivity index (χ0v) is 16.7. The van der Waals surface area contributed by atoms with Gasteiger partial charge in [-0.05, 0) is 52.0 Å². The third-order valence-electron chi connectivity index (χ3n) is 5.73. The highest BCUT2D eigenvalue weighted by molar-refractivity contribution is 6.42. The van der Waals surface area contributed by atoms with Crippen LogP contribution in [0.15, 0.2) is 16.9 Å². The molecule has 0 N–H and O–H groups in total. The first-order valence-electron chi connectivity index (χ1n) is 9.24. The van der Waals surface area contributed by atoms with Gasteiger partial charge < -0.3 is 4.90 Å². The summed E-state index contributed by atoms with van der Waals surface area (Å²) in [4.78, 5) is 22.7. The van der Waals surface area contributed by atoms with Gasteiger partial charge in [-0.3, -0.25) is 14.3 Å². The Morgan fingerprint density at radius 1 is 1.19 bits per heavy atom. The van der Waals surface area contributed by atoms with Crippen LogP contribution >= 0.6 is 23.2 Å². The number of rotatable bonds is 3. The van der Waals surface area contributed by atoms with Gasteiger partial charge in [0, 0.05) is 31.6 Å². The Labute approximate surface area is 163 Å². The Kier molecular flexibility index (Phi) is 4.99. The van der Waals surface area contributed by atoms with Crippen molar-refractivity contribution in [3.8, 4) is 0 Å². The largest absolute Gasteiger partial charge is 0.308 e. The smallest absolute Gasteiger partial charge is 0.261 e. The van der Waals surface area contributed by atoms with Crippen molar-refractivity contribution in [3.05, 3.63) is 38.4 Å². The molecule has 2 aliphatic rings. The van der Waals surface area contributed by atoms with Gasteiger partial charge in [-0.15, -0.1) is 0 Å². The fourth-order valence-corrected chi connectivity index (χ4v) is 4.73. The number of benzene rings is 1. The van der Waals surface area contributed by atoms with Gasteiger partial charge in [0.05, 0.1) is 20.9 Å². The number of piperidine rings is 1. The summed E-state index contributed by atoms with van der Waals surface area (Å²) in [6, 6.07) is 3.84. The third kappa shape index (κ3) is 3.15. The highest BCUT2D eigenvalue weighted by Gasteiger charge is 2.38. The topological polar surface area (TPSA) is 41.4 Å². The van der Waals surface area contributed by atoms with Crippen LogP contribution < -0.4 is 5.56 Å². The van der Waals surface area contributed by atoms with Gasteiger partial charge >= 0.3 is 0 Å². The fraction of sp³-hybridized carbons (Fsp3) is 0.579. The summed E-state index contributed by atoms with van der Waals surface area (Å²) in [7, 11) is 4.22. The Balaban J connectivity index is 1.75. The van der Waals surface area contributed by atoms with Gasteiger partial charge in [-0.2, -0.15) is 0 Å². The molecule has 3 heterocycles. The standard InChI is InChI=1S/C19H24Cl2N4O/c1-23(2)8-9-24-6-3-4-12-17(24)5-7-25-18(12)22-16-11-15(21)14(20)10-13(16)19(25)26/h10-12,17H,3-9H2,1-2H3/t12-,17+/m0/s1. The van der Waals surface area contributed by atoms with Crippen molar-refractivity contribution in [3.63, 3.8) is 0 Å². The number of hydrogen-bond acceptors (Lipinski definition) is 4. The molecule has 1 fully saturated rings. The molecule has 0 spiro atoms. The predicted octanol–water partition coefficient (Wildman–Crippen LogP) is 3.22. The van der Waals surface area contributed by atoms with Crippen molar-refractivity contribution in [1.82, 2.24) is 19.4 Å². The van der Waals surface area contributed by atoms with Crippen LogP contribution in [0.3, 0.4) is 0 Å². The van der Waals surface area contributed by atoms with E-state index in [1.165, 1.54) is 0 Å². The van der Waals surface area contributed by atoms with E-state index in [0.29, 0.717) is 32.9 Å². The molecule has 2 atom stereocenters. The monoisotopic (exact) mass is 394 g/mol. The van der Waals surface area contributed by atoms with E-state index in [1.54, 1.807) is 12.1 Å². The zero-order chi connectivity index (χ0) is 18.4. The van der Waals surface area contributed by atoms with E-state index in [4.69, 9.17) is 28.2 Å². The van der Waals surface area contributed by atoms with Gasteiger partial charge in [-0.25, -0.2) is 4.98 Å². The molecule has 1 saturated heterocycles. The number of hydrogen-bond donors (Lipinski definition) is 0. The average molecular weight is 395 g/mol. The first-order chi connectivity index (χ1) is 12.5. The predicted molar refractivity (Wildman–Crippen MR) is 107 cm³/mol. The SMILES string of the molecule is CN(C)CCN1CCC[C@@H]2c3nc4cc(Cl)c(Cl)cc4c(=O)n3CC[C@H]21. The van der Waals surface area contributed by atoms with Crippen molar-refractivity contribution in [2.75, 3.05) is 33.7 Å². The quantitative estimate of drug-likeness (QED) is 0.801. The van der Waals surface area contributed by atoms with Crippen LogP contribution in [-0.2, 0) is 6.54 Å². The summed E-state index contributed by atoms with van der Waals surface area (Å²) < 4.78 is 1.86. The molecule has 4 rings (SSSR count). The van der Waals surface area contributed by atoms with Crippen LogP contribution in [0.5, 0.6) is 0 Å². The Morgan fingerprint density at radius 2 is 1.96 bits per heavy atom. The molecule has 1 aromatic heterocycles. The van der Waals surface area contributed by atoms with Crippen LogP contribution in [0.1, 0.15) is 31.0 Å². The molecule has 0 aliphatic carbocycles. The molecule has 0 radical (unpaired) electrons. The first-order valence-corrected chi connectivity index (χ1v) is 9.99. The molecular weight excluding hydrogens is 371 g/mol. The van der Waals surface area contributed by atoms with E-state index in [0.717, 1.165) is 51.3 Å². The summed E-state index contributed by atoms with van der Waals surface area (Å²) in [5, 5.41) is 1.40. The molecule has 0 saturated carbocycles. The minimum atomic E-state index is 0.00688. The number of aromatic nitrogens is 2. The van der Waals surface area contributed by atoms with Crippen molar-refractivity contribution in [2.24, 2.45) is 0 Å². The molecule has 2 aliphatic heterocycles. The van der Waals surface area contributed by atoms with E-state index in [2.05, 4.69) is 23.9 Å². The second kappa shape index (κ2) is 7.12. The minimum Gasteiger partial charge on any atom is -0.308 e. The van der Waals surface area contributed by atoms with E-state index < -0.39 is 0 Å². The van der Waals surface area contributed by atoms with Crippen molar-refractivity contribution in [2.45, 2.75) is 37.8 Å². The Bertz CT molecular complexity index is 895. The average Bonchev–Trinajstić information content (AvgIpc) is 2.61. The molecule has 2 aromatic rings. The molecule has 7 heteroatoms. The second-order valence-electron chi connectivity index (χ2n) is 7.65. The fourth-order valence-electron chi connectivity index (χ4n) is 4.41. The van der Waals surface area contributed by atoms with E-state index in [1.807, 2.05) is 4.57 Å². The van der Waals surface area contributed by atoms with Gasteiger partial charge in [0.1, 0.15) is 5.82 Å². The van der Waals surface area contributed by atoms with Gasteiger partial charge in [-0.1, -0.05) is 23.2 Å². The Morgan fingerprint density at radius 3 is 2.73 bits per heavy atom. The maximum Gasteiger partial charge on any atom is 0.261 e. The van der Waals surface area contributed by atoms with Crippen molar-refractivity contribution in [1.29, 1.82) is 0 Å². The van der Waals surface area contributed by atoms with E-state index in [9.17, 15) is 4.79 Å². The zero-order valence-electron chi connectivity index (χ0n) is 15.2. The van der Waals surface area contributed by atoms with Crippen molar-refractivity contribution < 1.29 is 0 Å². The number of fused-ring (bicyclic) bond motifs is 4. The maximum absolute atomic E-state index is 13.0. The lowest BCUT2D eigenvalue weighted by Gasteiger charge is -2.44. The van der Waals surface area contributed by atoms with Gasteiger partial charge in [0.2, 0.25) is 0 Å². The summed E-state index contributed by atoms with van der Waals surface area (Å²) in [5.41, 5.74) is 0.661. The van der Waals surface area contributed by atoms with Gasteiger partial charge in [0.25, 0.3) is 5.56 Å². The molecule has 0 bridgehead atoms. The molecule has 0 amide bonds. The van der Waals surface area contributed by atoms with Crippen LogP contribution in [0.2, 0.25) is 10.0 Å².